The van der Waals surface area contributed by atoms with Gasteiger partial charge in [-0.25, -0.2) is 0 Å². The molecule has 0 saturated carbocycles. The number of hydrogen-bond donors (Lipinski definition) is 0. The maximum atomic E-state index is 2.53. The molecule has 1 heterocycles. The topological polar surface area (TPSA) is 0 Å². The molecule has 51 heavy (non-hydrogen) atoms. The standard InChI is InChI=1S/C50H36S/c1-49(2)40-27-26-35-30-14-9-11-21-39(30)50(3,4)48(35)47(40)36-25-24-29(28-41(36)49)44-31-15-5-7-17-33(31)45(34-18-8-6-16-32(34)44)38-20-13-23-43-46(38)37-19-10-12-22-42(37)51-43/h5-28H,1-4H3. The van der Waals surface area contributed by atoms with Gasteiger partial charge in [-0.3, -0.25) is 0 Å². The van der Waals surface area contributed by atoms with E-state index in [4.69, 9.17) is 0 Å². The van der Waals surface area contributed by atoms with Gasteiger partial charge in [-0.1, -0.05) is 155 Å². The number of fused-ring (bicyclic) bond motifs is 12. The Morgan fingerprint density at radius 1 is 0.373 bits per heavy atom. The molecule has 0 fully saturated rings. The summed E-state index contributed by atoms with van der Waals surface area (Å²) in [6.07, 6.45) is 0. The van der Waals surface area contributed by atoms with Gasteiger partial charge >= 0.3 is 0 Å². The highest BCUT2D eigenvalue weighted by Gasteiger charge is 2.44. The first-order chi connectivity index (χ1) is 24.8. The van der Waals surface area contributed by atoms with E-state index in [2.05, 4.69) is 173 Å². The van der Waals surface area contributed by atoms with Gasteiger partial charge in [-0.05, 0) is 107 Å². The summed E-state index contributed by atoms with van der Waals surface area (Å²) in [6.45, 7) is 9.68. The molecule has 2 aliphatic carbocycles. The molecule has 0 bridgehead atoms. The van der Waals surface area contributed by atoms with E-state index in [1.165, 1.54) is 108 Å². The van der Waals surface area contributed by atoms with Crippen molar-refractivity contribution in [1.82, 2.24) is 0 Å². The molecule has 8 aromatic carbocycles. The first-order valence-electron chi connectivity index (χ1n) is 18.1. The normalized spacial score (nSPS) is 15.0. The Labute approximate surface area is 302 Å². The molecule has 1 heteroatoms. The lowest BCUT2D eigenvalue weighted by Gasteiger charge is -2.26. The molecule has 9 aromatic rings. The van der Waals surface area contributed by atoms with Gasteiger partial charge in [0.15, 0.2) is 0 Å². The van der Waals surface area contributed by atoms with Crippen molar-refractivity contribution in [2.75, 3.05) is 0 Å². The van der Waals surface area contributed by atoms with Gasteiger partial charge < -0.3 is 0 Å². The van der Waals surface area contributed by atoms with E-state index in [1.807, 2.05) is 11.3 Å². The first kappa shape index (κ1) is 29.3. The monoisotopic (exact) mass is 668 g/mol. The van der Waals surface area contributed by atoms with E-state index < -0.39 is 0 Å². The van der Waals surface area contributed by atoms with Crippen LogP contribution in [-0.2, 0) is 10.8 Å². The van der Waals surface area contributed by atoms with E-state index in [0.717, 1.165) is 0 Å². The van der Waals surface area contributed by atoms with Crippen molar-refractivity contribution >= 4 is 53.1 Å². The lowest BCUT2D eigenvalue weighted by molar-refractivity contribution is 0.647. The van der Waals surface area contributed by atoms with Crippen molar-refractivity contribution in [3.05, 3.63) is 168 Å². The molecular formula is C50H36S. The first-order valence-corrected chi connectivity index (χ1v) is 18.9. The van der Waals surface area contributed by atoms with Crippen LogP contribution in [0.5, 0.6) is 0 Å². The summed E-state index contributed by atoms with van der Waals surface area (Å²) in [4.78, 5) is 0. The van der Waals surface area contributed by atoms with Crippen molar-refractivity contribution in [3.8, 4) is 44.5 Å². The van der Waals surface area contributed by atoms with Crippen LogP contribution in [0.3, 0.4) is 0 Å². The molecule has 0 radical (unpaired) electrons. The minimum absolute atomic E-state index is 0.0630. The molecule has 0 saturated heterocycles. The van der Waals surface area contributed by atoms with Crippen LogP contribution in [0.4, 0.5) is 0 Å². The third-order valence-electron chi connectivity index (χ3n) is 12.2. The average molecular weight is 669 g/mol. The van der Waals surface area contributed by atoms with Crippen LogP contribution in [0.1, 0.15) is 49.9 Å². The Kier molecular flexibility index (Phi) is 5.77. The van der Waals surface area contributed by atoms with Gasteiger partial charge in [0.1, 0.15) is 0 Å². The molecule has 0 N–H and O–H groups in total. The Morgan fingerprint density at radius 3 is 1.71 bits per heavy atom. The molecule has 11 rings (SSSR count). The fraction of sp³-hybridized carbons (Fsp3) is 0.120. The summed E-state index contributed by atoms with van der Waals surface area (Å²) in [5.74, 6) is 0. The number of rotatable bonds is 2. The van der Waals surface area contributed by atoms with E-state index in [9.17, 15) is 0 Å². The van der Waals surface area contributed by atoms with Crippen molar-refractivity contribution in [2.45, 2.75) is 38.5 Å². The average Bonchev–Trinajstić information content (AvgIpc) is 3.73. The van der Waals surface area contributed by atoms with Crippen molar-refractivity contribution < 1.29 is 0 Å². The zero-order valence-electron chi connectivity index (χ0n) is 29.3. The van der Waals surface area contributed by atoms with Crippen LogP contribution in [0.15, 0.2) is 146 Å². The van der Waals surface area contributed by atoms with Crippen molar-refractivity contribution in [1.29, 1.82) is 0 Å². The quantitative estimate of drug-likeness (QED) is 0.161. The summed E-state index contributed by atoms with van der Waals surface area (Å²) in [5.41, 5.74) is 16.4. The van der Waals surface area contributed by atoms with E-state index in [0.29, 0.717) is 0 Å². The van der Waals surface area contributed by atoms with E-state index >= 15 is 0 Å². The Hall–Kier alpha value is -5.50. The maximum Gasteiger partial charge on any atom is 0.0361 e. The van der Waals surface area contributed by atoms with Gasteiger partial charge in [-0.15, -0.1) is 11.3 Å². The molecule has 0 atom stereocenters. The lowest BCUT2D eigenvalue weighted by atomic mass is 9.77. The molecule has 0 aliphatic heterocycles. The molecule has 0 amide bonds. The summed E-state index contributed by atoms with van der Waals surface area (Å²) in [7, 11) is 0. The minimum atomic E-state index is -0.123. The molecule has 1 aromatic heterocycles. The lowest BCUT2D eigenvalue weighted by Crippen LogP contribution is -2.18. The van der Waals surface area contributed by atoms with Gasteiger partial charge in [0.2, 0.25) is 0 Å². The second-order valence-electron chi connectivity index (χ2n) is 15.6. The van der Waals surface area contributed by atoms with Crippen LogP contribution in [0, 0.1) is 0 Å². The van der Waals surface area contributed by atoms with E-state index in [1.54, 1.807) is 0 Å². The number of hydrogen-bond acceptors (Lipinski definition) is 1. The van der Waals surface area contributed by atoms with Gasteiger partial charge in [0.05, 0.1) is 0 Å². The van der Waals surface area contributed by atoms with Crippen LogP contribution in [-0.4, -0.2) is 0 Å². The fourth-order valence-corrected chi connectivity index (χ4v) is 11.1. The molecular weight excluding hydrogens is 633 g/mol. The molecule has 0 spiro atoms. The predicted molar refractivity (Wildman–Crippen MR) is 220 cm³/mol. The van der Waals surface area contributed by atoms with E-state index in [-0.39, 0.29) is 10.8 Å². The summed E-state index contributed by atoms with van der Waals surface area (Å²) in [5, 5.41) is 7.89. The smallest absolute Gasteiger partial charge is 0.0361 e. The highest BCUT2D eigenvalue weighted by atomic mass is 32.1. The van der Waals surface area contributed by atoms with Crippen LogP contribution in [0.25, 0.3) is 86.2 Å². The minimum Gasteiger partial charge on any atom is -0.135 e. The third kappa shape index (κ3) is 3.75. The Bertz CT molecular complexity index is 2910. The van der Waals surface area contributed by atoms with Crippen LogP contribution < -0.4 is 0 Å². The zero-order valence-corrected chi connectivity index (χ0v) is 30.1. The Morgan fingerprint density at radius 2 is 0.961 bits per heavy atom. The Balaban J connectivity index is 1.18. The molecule has 0 unspecified atom stereocenters. The SMILES string of the molecule is CC1(C)c2cc(-c3c4ccccc4c(-c4cccc5sc6ccccc6c45)c4ccccc34)ccc2-c2c1ccc1c2C(C)(C)c2ccccc2-1. The second-order valence-corrected chi connectivity index (χ2v) is 16.7. The van der Waals surface area contributed by atoms with Gasteiger partial charge in [-0.2, -0.15) is 0 Å². The number of thiophene rings is 1. The van der Waals surface area contributed by atoms with Crippen molar-refractivity contribution in [3.63, 3.8) is 0 Å². The zero-order chi connectivity index (χ0) is 34.2. The third-order valence-corrected chi connectivity index (χ3v) is 13.4. The van der Waals surface area contributed by atoms with Gasteiger partial charge in [0.25, 0.3) is 0 Å². The molecule has 2 aliphatic rings. The fourth-order valence-electron chi connectivity index (χ4n) is 9.97. The second kappa shape index (κ2) is 10.1. The molecule has 242 valence electrons. The van der Waals surface area contributed by atoms with Crippen LogP contribution >= 0.6 is 11.3 Å². The number of benzene rings is 8. The predicted octanol–water partition coefficient (Wildman–Crippen LogP) is 14.3. The summed E-state index contributed by atoms with van der Waals surface area (Å²) >= 11 is 1.89. The van der Waals surface area contributed by atoms with Gasteiger partial charge in [0, 0.05) is 31.0 Å². The highest BCUT2D eigenvalue weighted by Crippen LogP contribution is 2.59. The van der Waals surface area contributed by atoms with Crippen molar-refractivity contribution in [2.24, 2.45) is 0 Å². The largest absolute Gasteiger partial charge is 0.135 e. The maximum absolute atomic E-state index is 2.53. The summed E-state index contributed by atoms with van der Waals surface area (Å²) < 4.78 is 2.67. The highest BCUT2D eigenvalue weighted by molar-refractivity contribution is 7.25. The summed E-state index contributed by atoms with van der Waals surface area (Å²) in [6, 6.07) is 55.1. The van der Waals surface area contributed by atoms with Crippen LogP contribution in [0.2, 0.25) is 0 Å². The molecule has 0 nitrogen and oxygen atoms in total.